The van der Waals surface area contributed by atoms with Crippen molar-refractivity contribution in [3.63, 3.8) is 0 Å². The molecule has 2 bridgehead atoms. The van der Waals surface area contributed by atoms with E-state index in [0.29, 0.717) is 29.0 Å². The van der Waals surface area contributed by atoms with Gasteiger partial charge in [0.25, 0.3) is 0 Å². The van der Waals surface area contributed by atoms with Crippen LogP contribution in [-0.4, -0.2) is 37.0 Å². The zero-order valence-electron chi connectivity index (χ0n) is 13.4. The van der Waals surface area contributed by atoms with Crippen molar-refractivity contribution in [2.45, 2.75) is 25.7 Å². The van der Waals surface area contributed by atoms with Crippen molar-refractivity contribution in [2.24, 2.45) is 0 Å². The molecule has 0 saturated carbocycles. The van der Waals surface area contributed by atoms with E-state index in [4.69, 9.17) is 21.1 Å². The second-order valence-corrected chi connectivity index (χ2v) is 6.43. The number of benzene rings is 1. The zero-order chi connectivity index (χ0) is 16.0. The Morgan fingerprint density at radius 2 is 2.13 bits per heavy atom. The lowest BCUT2D eigenvalue weighted by Crippen LogP contribution is -2.38. The minimum atomic E-state index is 0.544. The Bertz CT molecular complexity index is 736. The summed E-state index contributed by atoms with van der Waals surface area (Å²) in [5.41, 5.74) is 4.41. The van der Waals surface area contributed by atoms with Gasteiger partial charge in [-0.15, -0.1) is 0 Å². The summed E-state index contributed by atoms with van der Waals surface area (Å²) < 4.78 is 11.1. The molecule has 1 N–H and O–H groups in total. The number of H-pyrrole nitrogens is 1. The topological polar surface area (TPSA) is 50.4 Å². The van der Waals surface area contributed by atoms with E-state index in [2.05, 4.69) is 15.1 Å². The van der Waals surface area contributed by atoms with Gasteiger partial charge in [0.05, 0.1) is 30.1 Å². The molecule has 0 spiro atoms. The number of ether oxygens (including phenoxy) is 2. The predicted octanol–water partition coefficient (Wildman–Crippen LogP) is 3.83. The van der Waals surface area contributed by atoms with Crippen LogP contribution in [0.15, 0.2) is 12.1 Å². The molecule has 1 aromatic carbocycles. The second kappa shape index (κ2) is 5.64. The molecule has 6 heteroatoms. The quantitative estimate of drug-likeness (QED) is 0.923. The molecule has 4 heterocycles. The van der Waals surface area contributed by atoms with Crippen LogP contribution in [0.2, 0.25) is 5.02 Å². The number of anilines is 1. The number of hydrogen-bond donors (Lipinski definition) is 1. The monoisotopic (exact) mass is 333 g/mol. The number of halogens is 1. The first-order valence-electron chi connectivity index (χ1n) is 8.06. The number of fused-ring (bicyclic) bond motifs is 2. The molecular formula is C17H20ClN3O2. The highest BCUT2D eigenvalue weighted by atomic mass is 35.5. The molecule has 122 valence electrons. The number of piperidine rings is 1. The minimum absolute atomic E-state index is 0.544. The Morgan fingerprint density at radius 1 is 1.35 bits per heavy atom. The van der Waals surface area contributed by atoms with Crippen molar-refractivity contribution in [1.29, 1.82) is 0 Å². The molecule has 23 heavy (non-hydrogen) atoms. The van der Waals surface area contributed by atoms with Gasteiger partial charge in [0.1, 0.15) is 5.69 Å². The maximum Gasteiger partial charge on any atom is 0.179 e. The summed E-state index contributed by atoms with van der Waals surface area (Å²) in [4.78, 5) is 2.42. The van der Waals surface area contributed by atoms with Gasteiger partial charge in [-0.3, -0.25) is 5.10 Å². The Balaban J connectivity index is 1.82. The first kappa shape index (κ1) is 14.7. The smallest absolute Gasteiger partial charge is 0.179 e. The second-order valence-electron chi connectivity index (χ2n) is 6.02. The molecule has 3 aliphatic rings. The van der Waals surface area contributed by atoms with Gasteiger partial charge in [0.15, 0.2) is 11.5 Å². The average Bonchev–Trinajstić information content (AvgIpc) is 3.05. The van der Waals surface area contributed by atoms with E-state index < -0.39 is 0 Å². The number of aromatic amines is 1. The molecule has 0 amide bonds. The molecule has 1 aromatic heterocycles. The summed E-state index contributed by atoms with van der Waals surface area (Å²) in [6.45, 7) is 4.68. The fraction of sp³-hybridized carbons (Fsp3) is 0.471. The van der Waals surface area contributed by atoms with Crippen LogP contribution in [0.25, 0.3) is 11.3 Å². The number of nitrogens with zero attached hydrogens (tertiary/aromatic N) is 2. The predicted molar refractivity (Wildman–Crippen MR) is 90.9 cm³/mol. The SMILES string of the molecule is CCOc1c(Cl)cc(-c2n[nH]c3c2N2CCC3CC2)cc1OC. The van der Waals surface area contributed by atoms with Gasteiger partial charge in [-0.25, -0.2) is 0 Å². The van der Waals surface area contributed by atoms with E-state index in [9.17, 15) is 0 Å². The van der Waals surface area contributed by atoms with Crippen LogP contribution in [-0.2, 0) is 0 Å². The first-order valence-corrected chi connectivity index (χ1v) is 8.44. The molecule has 1 saturated heterocycles. The van der Waals surface area contributed by atoms with Crippen LogP contribution in [0.3, 0.4) is 0 Å². The summed E-state index contributed by atoms with van der Waals surface area (Å²) in [7, 11) is 1.63. The number of hydrogen-bond acceptors (Lipinski definition) is 4. The molecular weight excluding hydrogens is 314 g/mol. The van der Waals surface area contributed by atoms with Gasteiger partial charge < -0.3 is 14.4 Å². The van der Waals surface area contributed by atoms with E-state index in [1.807, 2.05) is 19.1 Å². The highest BCUT2D eigenvalue weighted by Crippen LogP contribution is 2.47. The van der Waals surface area contributed by atoms with Crippen molar-refractivity contribution in [2.75, 3.05) is 31.7 Å². The zero-order valence-corrected chi connectivity index (χ0v) is 14.1. The van der Waals surface area contributed by atoms with E-state index in [0.717, 1.165) is 24.3 Å². The molecule has 0 atom stereocenters. The highest BCUT2D eigenvalue weighted by Gasteiger charge is 2.35. The lowest BCUT2D eigenvalue weighted by molar-refractivity contribution is 0.311. The standard InChI is InChI=1S/C17H20ClN3O2/c1-3-23-17-12(18)8-11(9-13(17)22-2)15-16-14(19-20-15)10-4-6-21(16)7-5-10/h8-10H,3-7H2,1-2H3,(H,19,20). The molecule has 0 unspecified atom stereocenters. The summed E-state index contributed by atoms with van der Waals surface area (Å²) in [6.07, 6.45) is 2.42. The third-order valence-electron chi connectivity index (χ3n) is 4.78. The fourth-order valence-corrected chi connectivity index (χ4v) is 3.95. The third kappa shape index (κ3) is 2.26. The van der Waals surface area contributed by atoms with Gasteiger partial charge in [0, 0.05) is 24.6 Å². The molecule has 2 aromatic rings. The lowest BCUT2D eigenvalue weighted by Gasteiger charge is -2.40. The van der Waals surface area contributed by atoms with Crippen LogP contribution in [0.4, 0.5) is 5.69 Å². The Labute approximate surface area is 140 Å². The molecule has 5 rings (SSSR count). The van der Waals surface area contributed by atoms with E-state index in [1.165, 1.54) is 24.2 Å². The number of nitrogens with one attached hydrogen (secondary N) is 1. The van der Waals surface area contributed by atoms with Crippen LogP contribution >= 0.6 is 11.6 Å². The van der Waals surface area contributed by atoms with Crippen molar-refractivity contribution in [3.8, 4) is 22.8 Å². The number of methoxy groups -OCH3 is 1. The Morgan fingerprint density at radius 3 is 2.83 bits per heavy atom. The number of aromatic nitrogens is 2. The van der Waals surface area contributed by atoms with Crippen molar-refractivity contribution >= 4 is 17.3 Å². The van der Waals surface area contributed by atoms with Crippen LogP contribution in [0.5, 0.6) is 11.5 Å². The largest absolute Gasteiger partial charge is 0.493 e. The van der Waals surface area contributed by atoms with Crippen molar-refractivity contribution in [3.05, 3.63) is 22.8 Å². The van der Waals surface area contributed by atoms with Crippen molar-refractivity contribution in [1.82, 2.24) is 10.2 Å². The summed E-state index contributed by atoms with van der Waals surface area (Å²) in [5.74, 6) is 1.84. The van der Waals surface area contributed by atoms with Crippen LogP contribution in [0, 0.1) is 0 Å². The summed E-state index contributed by atoms with van der Waals surface area (Å²) >= 11 is 6.41. The molecule has 3 aliphatic heterocycles. The maximum atomic E-state index is 6.41. The normalized spacial score (nSPS) is 16.6. The minimum Gasteiger partial charge on any atom is -0.493 e. The average molecular weight is 334 g/mol. The Hall–Kier alpha value is -1.88. The van der Waals surface area contributed by atoms with Gasteiger partial charge in [-0.2, -0.15) is 5.10 Å². The van der Waals surface area contributed by atoms with Gasteiger partial charge in [-0.05, 0) is 31.9 Å². The Kier molecular flexibility index (Phi) is 3.60. The maximum absolute atomic E-state index is 6.41. The highest BCUT2D eigenvalue weighted by molar-refractivity contribution is 6.32. The molecule has 5 nitrogen and oxygen atoms in total. The van der Waals surface area contributed by atoms with Gasteiger partial charge in [0.2, 0.25) is 0 Å². The number of rotatable bonds is 4. The molecule has 0 radical (unpaired) electrons. The van der Waals surface area contributed by atoms with Crippen LogP contribution < -0.4 is 14.4 Å². The molecule has 0 aliphatic carbocycles. The van der Waals surface area contributed by atoms with E-state index in [-0.39, 0.29) is 0 Å². The molecule has 1 fully saturated rings. The third-order valence-corrected chi connectivity index (χ3v) is 5.06. The van der Waals surface area contributed by atoms with Gasteiger partial charge >= 0.3 is 0 Å². The van der Waals surface area contributed by atoms with Crippen LogP contribution in [0.1, 0.15) is 31.4 Å². The first-order chi connectivity index (χ1) is 11.2. The van der Waals surface area contributed by atoms with Gasteiger partial charge in [-0.1, -0.05) is 11.6 Å². The van der Waals surface area contributed by atoms with E-state index >= 15 is 0 Å². The fourth-order valence-electron chi connectivity index (χ4n) is 3.69. The summed E-state index contributed by atoms with van der Waals surface area (Å²) in [5, 5.41) is 8.38. The van der Waals surface area contributed by atoms with E-state index in [1.54, 1.807) is 7.11 Å². The summed E-state index contributed by atoms with van der Waals surface area (Å²) in [6, 6.07) is 3.87. The van der Waals surface area contributed by atoms with Crippen molar-refractivity contribution < 1.29 is 9.47 Å². The lowest BCUT2D eigenvalue weighted by atomic mass is 9.86.